The van der Waals surface area contributed by atoms with E-state index in [0.717, 1.165) is 0 Å². The molecule has 1 rings (SSSR count). The Morgan fingerprint density at radius 1 is 1.16 bits per heavy atom. The lowest BCUT2D eigenvalue weighted by Crippen LogP contribution is -2.60. The molecule has 0 amide bonds. The van der Waals surface area contributed by atoms with E-state index in [1.807, 2.05) is 6.07 Å². The minimum absolute atomic E-state index is 0.384. The molecule has 19 heavy (non-hydrogen) atoms. The van der Waals surface area contributed by atoms with Crippen molar-refractivity contribution in [3.8, 4) is 6.07 Å². The predicted octanol–water partition coefficient (Wildman–Crippen LogP) is -1.11. The van der Waals surface area contributed by atoms with Crippen molar-refractivity contribution in [3.63, 3.8) is 0 Å². The average Bonchev–Trinajstić information content (AvgIpc) is 2.45. The largest absolute Gasteiger partial charge is 0.394 e. The number of hydrogen-bond acceptors (Lipinski definition) is 7. The van der Waals surface area contributed by atoms with Crippen molar-refractivity contribution < 1.29 is 29.9 Å². The summed E-state index contributed by atoms with van der Waals surface area (Å²) in [5.41, 5.74) is -1.13. The summed E-state index contributed by atoms with van der Waals surface area (Å²) in [6, 6.07) is 2.02. The summed E-state index contributed by atoms with van der Waals surface area (Å²) < 4.78 is 10.7. The minimum atomic E-state index is -1.50. The smallest absolute Gasteiger partial charge is 0.188 e. The van der Waals surface area contributed by atoms with Gasteiger partial charge in [-0.1, -0.05) is 13.8 Å². The third-order valence-electron chi connectivity index (χ3n) is 3.54. The van der Waals surface area contributed by atoms with Crippen LogP contribution >= 0.6 is 0 Å². The van der Waals surface area contributed by atoms with Crippen LogP contribution in [0.5, 0.6) is 0 Å². The molecule has 0 aliphatic carbocycles. The van der Waals surface area contributed by atoms with Crippen LogP contribution in [0.2, 0.25) is 0 Å². The van der Waals surface area contributed by atoms with Gasteiger partial charge in [-0.3, -0.25) is 0 Å². The van der Waals surface area contributed by atoms with Crippen molar-refractivity contribution in [3.05, 3.63) is 0 Å². The Kier molecular flexibility index (Phi) is 5.67. The Labute approximate surface area is 112 Å². The molecular weight excluding hydrogens is 254 g/mol. The van der Waals surface area contributed by atoms with Gasteiger partial charge in [-0.05, 0) is 12.8 Å². The normalized spacial score (nSPS) is 35.9. The van der Waals surface area contributed by atoms with Gasteiger partial charge in [0.2, 0.25) is 0 Å². The number of nitrogens with zero attached hydrogens (tertiary/aromatic N) is 1. The number of aliphatic hydroxyl groups is 4. The summed E-state index contributed by atoms with van der Waals surface area (Å²) in [4.78, 5) is 0. The van der Waals surface area contributed by atoms with Gasteiger partial charge in [-0.15, -0.1) is 0 Å². The lowest BCUT2D eigenvalue weighted by molar-refractivity contribution is -0.320. The average molecular weight is 275 g/mol. The topological polar surface area (TPSA) is 123 Å². The van der Waals surface area contributed by atoms with Crippen molar-refractivity contribution in [1.82, 2.24) is 0 Å². The van der Waals surface area contributed by atoms with Gasteiger partial charge < -0.3 is 29.9 Å². The SMILES string of the molecule is CCC(C#N)(CC)O[C@@H]1O[C@H](CO)[C@@H](O)[C@H](O)[C@H]1O. The maximum Gasteiger partial charge on any atom is 0.188 e. The van der Waals surface area contributed by atoms with E-state index in [0.29, 0.717) is 12.8 Å². The van der Waals surface area contributed by atoms with E-state index in [2.05, 4.69) is 0 Å². The van der Waals surface area contributed by atoms with Crippen molar-refractivity contribution >= 4 is 0 Å². The molecule has 4 N–H and O–H groups in total. The van der Waals surface area contributed by atoms with Crippen LogP contribution in [0.3, 0.4) is 0 Å². The highest BCUT2D eigenvalue weighted by Crippen LogP contribution is 2.28. The summed E-state index contributed by atoms with van der Waals surface area (Å²) in [6.07, 6.45) is -5.95. The molecule has 0 aromatic carbocycles. The lowest BCUT2D eigenvalue weighted by atomic mass is 9.96. The fourth-order valence-corrected chi connectivity index (χ4v) is 1.99. The molecule has 0 aromatic heterocycles. The third-order valence-corrected chi connectivity index (χ3v) is 3.54. The van der Waals surface area contributed by atoms with E-state index in [1.54, 1.807) is 13.8 Å². The molecule has 110 valence electrons. The molecule has 0 spiro atoms. The van der Waals surface area contributed by atoms with Crippen LogP contribution in [0.1, 0.15) is 26.7 Å². The summed E-state index contributed by atoms with van der Waals surface area (Å²) in [5, 5.41) is 47.3. The molecule has 1 heterocycles. The molecule has 0 bridgehead atoms. The summed E-state index contributed by atoms with van der Waals surface area (Å²) in [5.74, 6) is 0. The molecule has 1 saturated heterocycles. The van der Waals surface area contributed by atoms with Crippen LogP contribution < -0.4 is 0 Å². The highest BCUT2D eigenvalue weighted by molar-refractivity contribution is 5.01. The van der Waals surface area contributed by atoms with E-state index < -0.39 is 42.9 Å². The standard InChI is InChI=1S/C12H21NO6/c1-3-12(4-2,6-13)19-11-10(17)9(16)8(15)7(5-14)18-11/h7-11,14-17H,3-5H2,1-2H3/t7-,8-,9+,10-,11+/m1/s1. The molecule has 0 saturated carbocycles. The highest BCUT2D eigenvalue weighted by Gasteiger charge is 2.46. The Balaban J connectivity index is 2.85. The van der Waals surface area contributed by atoms with E-state index in [4.69, 9.17) is 19.8 Å². The Morgan fingerprint density at radius 2 is 1.74 bits per heavy atom. The van der Waals surface area contributed by atoms with E-state index in [1.165, 1.54) is 0 Å². The van der Waals surface area contributed by atoms with Crippen LogP contribution in [-0.2, 0) is 9.47 Å². The maximum absolute atomic E-state index is 9.82. The van der Waals surface area contributed by atoms with Gasteiger partial charge in [-0.2, -0.15) is 5.26 Å². The van der Waals surface area contributed by atoms with Gasteiger partial charge in [0.15, 0.2) is 11.9 Å². The molecule has 7 heteroatoms. The first-order chi connectivity index (χ1) is 8.94. The number of hydrogen-bond donors (Lipinski definition) is 4. The Bertz CT molecular complexity index is 325. The molecule has 5 atom stereocenters. The van der Waals surface area contributed by atoms with Crippen LogP contribution in [0, 0.1) is 11.3 Å². The molecule has 0 radical (unpaired) electrons. The van der Waals surface area contributed by atoms with Crippen molar-refractivity contribution in [1.29, 1.82) is 5.26 Å². The number of ether oxygens (including phenoxy) is 2. The zero-order valence-electron chi connectivity index (χ0n) is 11.1. The molecule has 0 aromatic rings. The lowest BCUT2D eigenvalue weighted by Gasteiger charge is -2.42. The third kappa shape index (κ3) is 3.23. The zero-order chi connectivity index (χ0) is 14.6. The van der Waals surface area contributed by atoms with Crippen LogP contribution in [0.25, 0.3) is 0 Å². The fraction of sp³-hybridized carbons (Fsp3) is 0.917. The molecule has 1 aliphatic heterocycles. The number of nitriles is 1. The second-order valence-electron chi connectivity index (χ2n) is 4.63. The monoisotopic (exact) mass is 275 g/mol. The summed E-state index contributed by atoms with van der Waals surface area (Å²) in [7, 11) is 0. The Hall–Kier alpha value is -0.750. The summed E-state index contributed by atoms with van der Waals surface area (Å²) in [6.45, 7) is 3.00. The van der Waals surface area contributed by atoms with Gasteiger partial charge in [0.1, 0.15) is 24.4 Å². The predicted molar refractivity (Wildman–Crippen MR) is 63.8 cm³/mol. The van der Waals surface area contributed by atoms with E-state index >= 15 is 0 Å². The number of aliphatic hydroxyl groups excluding tert-OH is 4. The quantitative estimate of drug-likeness (QED) is 0.501. The van der Waals surface area contributed by atoms with Crippen molar-refractivity contribution in [2.24, 2.45) is 0 Å². The van der Waals surface area contributed by atoms with Crippen LogP contribution in [-0.4, -0.2) is 63.3 Å². The van der Waals surface area contributed by atoms with Crippen molar-refractivity contribution in [2.75, 3.05) is 6.61 Å². The highest BCUT2D eigenvalue weighted by atomic mass is 16.7. The first-order valence-electron chi connectivity index (χ1n) is 6.34. The van der Waals surface area contributed by atoms with Crippen LogP contribution in [0.4, 0.5) is 0 Å². The maximum atomic E-state index is 9.82. The van der Waals surface area contributed by atoms with Gasteiger partial charge in [0, 0.05) is 0 Å². The second kappa shape index (κ2) is 6.61. The first-order valence-corrected chi connectivity index (χ1v) is 6.34. The van der Waals surface area contributed by atoms with Crippen molar-refractivity contribution in [2.45, 2.75) is 63.0 Å². The fourth-order valence-electron chi connectivity index (χ4n) is 1.99. The van der Waals surface area contributed by atoms with E-state index in [9.17, 15) is 15.3 Å². The zero-order valence-corrected chi connectivity index (χ0v) is 11.1. The van der Waals surface area contributed by atoms with E-state index in [-0.39, 0.29) is 0 Å². The van der Waals surface area contributed by atoms with Gasteiger partial charge in [0.05, 0.1) is 12.7 Å². The van der Waals surface area contributed by atoms with Gasteiger partial charge in [0.25, 0.3) is 0 Å². The molecule has 0 unspecified atom stereocenters. The molecule has 1 aliphatic rings. The number of rotatable bonds is 5. The van der Waals surface area contributed by atoms with Gasteiger partial charge >= 0.3 is 0 Å². The van der Waals surface area contributed by atoms with Gasteiger partial charge in [-0.25, -0.2) is 0 Å². The summed E-state index contributed by atoms with van der Waals surface area (Å²) >= 11 is 0. The molecule has 1 fully saturated rings. The first kappa shape index (κ1) is 16.3. The Morgan fingerprint density at radius 3 is 2.16 bits per heavy atom. The minimum Gasteiger partial charge on any atom is -0.394 e. The molecular formula is C12H21NO6. The molecule has 7 nitrogen and oxygen atoms in total. The second-order valence-corrected chi connectivity index (χ2v) is 4.63. The van der Waals surface area contributed by atoms with Crippen LogP contribution in [0.15, 0.2) is 0 Å².